The normalized spacial score (nSPS) is 19.3. The summed E-state index contributed by atoms with van der Waals surface area (Å²) in [5, 5.41) is 2.96. The Hall–Kier alpha value is -1.91. The van der Waals surface area contributed by atoms with Crippen LogP contribution in [-0.2, 0) is 0 Å². The SMILES string of the molecule is CN=C(N)NCC1COc2ccccc2O1. The molecule has 3 N–H and O–H groups in total. The van der Waals surface area contributed by atoms with Gasteiger partial charge in [-0.15, -0.1) is 0 Å². The summed E-state index contributed by atoms with van der Waals surface area (Å²) in [7, 11) is 1.63. The van der Waals surface area contributed by atoms with E-state index >= 15 is 0 Å². The first-order valence-electron chi connectivity index (χ1n) is 5.14. The maximum atomic E-state index is 5.73. The lowest BCUT2D eigenvalue weighted by Crippen LogP contribution is -2.43. The molecule has 5 nitrogen and oxygen atoms in total. The van der Waals surface area contributed by atoms with Crippen LogP contribution in [0.5, 0.6) is 11.5 Å². The number of hydrogen-bond donors (Lipinski definition) is 2. The number of aliphatic imine (C=N–C) groups is 1. The molecule has 0 fully saturated rings. The summed E-state index contributed by atoms with van der Waals surface area (Å²) in [6.07, 6.45) is -0.0461. The Balaban J connectivity index is 1.93. The van der Waals surface area contributed by atoms with Gasteiger partial charge in [0.05, 0.1) is 6.54 Å². The van der Waals surface area contributed by atoms with Crippen LogP contribution in [0.4, 0.5) is 0 Å². The van der Waals surface area contributed by atoms with E-state index in [1.54, 1.807) is 7.05 Å². The predicted octanol–water partition coefficient (Wildman–Crippen LogP) is 0.361. The van der Waals surface area contributed by atoms with Gasteiger partial charge in [-0.05, 0) is 12.1 Å². The fourth-order valence-corrected chi connectivity index (χ4v) is 1.46. The van der Waals surface area contributed by atoms with E-state index in [0.717, 1.165) is 11.5 Å². The van der Waals surface area contributed by atoms with Gasteiger partial charge in [0.2, 0.25) is 0 Å². The van der Waals surface area contributed by atoms with Gasteiger partial charge in [0, 0.05) is 7.05 Å². The van der Waals surface area contributed by atoms with E-state index < -0.39 is 0 Å². The van der Waals surface area contributed by atoms with Crippen LogP contribution in [0.1, 0.15) is 0 Å². The molecule has 0 aliphatic carbocycles. The third-order valence-corrected chi connectivity index (χ3v) is 2.32. The molecular weight excluding hydrogens is 206 g/mol. The van der Waals surface area contributed by atoms with Crippen molar-refractivity contribution >= 4 is 5.96 Å². The van der Waals surface area contributed by atoms with Gasteiger partial charge in [0.15, 0.2) is 17.5 Å². The highest BCUT2D eigenvalue weighted by Gasteiger charge is 2.20. The average Bonchev–Trinajstić information content (AvgIpc) is 2.35. The topological polar surface area (TPSA) is 68.9 Å². The zero-order valence-corrected chi connectivity index (χ0v) is 9.14. The second-order valence-corrected chi connectivity index (χ2v) is 3.49. The van der Waals surface area contributed by atoms with E-state index in [0.29, 0.717) is 19.1 Å². The zero-order chi connectivity index (χ0) is 11.4. The van der Waals surface area contributed by atoms with Crippen LogP contribution in [0.25, 0.3) is 0 Å². The first kappa shape index (κ1) is 10.6. The number of rotatable bonds is 2. The number of benzene rings is 1. The Morgan fingerprint density at radius 1 is 1.50 bits per heavy atom. The fraction of sp³-hybridized carbons (Fsp3) is 0.364. The Bertz CT molecular complexity index is 393. The standard InChI is InChI=1S/C11H15N3O2/c1-13-11(12)14-6-8-7-15-9-4-2-3-5-10(9)16-8/h2-5,8H,6-7H2,1H3,(H3,12,13,14). The fourth-order valence-electron chi connectivity index (χ4n) is 1.46. The van der Waals surface area contributed by atoms with Crippen molar-refractivity contribution in [2.24, 2.45) is 10.7 Å². The van der Waals surface area contributed by atoms with Crippen LogP contribution in [0, 0.1) is 0 Å². The molecular formula is C11H15N3O2. The van der Waals surface area contributed by atoms with Crippen LogP contribution in [0.15, 0.2) is 29.3 Å². The molecule has 5 heteroatoms. The molecule has 1 aliphatic heterocycles. The number of fused-ring (bicyclic) bond motifs is 1. The number of nitrogens with one attached hydrogen (secondary N) is 1. The van der Waals surface area contributed by atoms with E-state index in [-0.39, 0.29) is 6.10 Å². The third kappa shape index (κ3) is 2.36. The Morgan fingerprint density at radius 3 is 3.00 bits per heavy atom. The second-order valence-electron chi connectivity index (χ2n) is 3.49. The van der Waals surface area contributed by atoms with Crippen LogP contribution in [0.3, 0.4) is 0 Å². The van der Waals surface area contributed by atoms with Gasteiger partial charge in [0.25, 0.3) is 0 Å². The molecule has 1 heterocycles. The predicted molar refractivity (Wildman–Crippen MR) is 61.9 cm³/mol. The number of guanidine groups is 1. The van der Waals surface area contributed by atoms with Gasteiger partial charge in [-0.1, -0.05) is 12.1 Å². The molecule has 0 saturated heterocycles. The van der Waals surface area contributed by atoms with Gasteiger partial charge < -0.3 is 20.5 Å². The summed E-state index contributed by atoms with van der Waals surface area (Å²) in [5.74, 6) is 1.96. The molecule has 0 aromatic heterocycles. The lowest BCUT2D eigenvalue weighted by Gasteiger charge is -2.26. The summed E-state index contributed by atoms with van der Waals surface area (Å²) < 4.78 is 11.3. The van der Waals surface area contributed by atoms with Gasteiger partial charge >= 0.3 is 0 Å². The molecule has 1 atom stereocenters. The molecule has 1 aromatic rings. The Labute approximate surface area is 94.3 Å². The summed E-state index contributed by atoms with van der Waals surface area (Å²) in [4.78, 5) is 3.80. The number of para-hydroxylation sites is 2. The zero-order valence-electron chi connectivity index (χ0n) is 9.14. The molecule has 16 heavy (non-hydrogen) atoms. The maximum absolute atomic E-state index is 5.73. The lowest BCUT2D eigenvalue weighted by molar-refractivity contribution is 0.0937. The summed E-state index contributed by atoms with van der Waals surface area (Å²) in [6, 6.07) is 7.61. The minimum atomic E-state index is -0.0461. The quantitative estimate of drug-likeness (QED) is 0.559. The summed E-state index contributed by atoms with van der Waals surface area (Å²) in [6.45, 7) is 1.10. The third-order valence-electron chi connectivity index (χ3n) is 2.32. The highest BCUT2D eigenvalue weighted by molar-refractivity contribution is 5.77. The first-order chi connectivity index (χ1) is 7.79. The van der Waals surface area contributed by atoms with Gasteiger partial charge in [-0.3, -0.25) is 4.99 Å². The number of nitrogens with two attached hydrogens (primary N) is 1. The van der Waals surface area contributed by atoms with E-state index in [4.69, 9.17) is 15.2 Å². The van der Waals surface area contributed by atoms with E-state index in [9.17, 15) is 0 Å². The van der Waals surface area contributed by atoms with Crippen LogP contribution < -0.4 is 20.5 Å². The van der Waals surface area contributed by atoms with Crippen molar-refractivity contribution in [2.75, 3.05) is 20.2 Å². The highest BCUT2D eigenvalue weighted by atomic mass is 16.6. The van der Waals surface area contributed by atoms with Gasteiger partial charge in [0.1, 0.15) is 12.7 Å². The minimum Gasteiger partial charge on any atom is -0.486 e. The largest absolute Gasteiger partial charge is 0.486 e. The molecule has 0 amide bonds. The molecule has 0 bridgehead atoms. The van der Waals surface area contributed by atoms with Crippen molar-refractivity contribution in [1.82, 2.24) is 5.32 Å². The molecule has 1 aromatic carbocycles. The van der Waals surface area contributed by atoms with E-state index in [1.165, 1.54) is 0 Å². The minimum absolute atomic E-state index is 0.0461. The Morgan fingerprint density at radius 2 is 2.25 bits per heavy atom. The van der Waals surface area contributed by atoms with E-state index in [2.05, 4.69) is 10.3 Å². The molecule has 1 aliphatic rings. The maximum Gasteiger partial charge on any atom is 0.188 e. The summed E-state index contributed by atoms with van der Waals surface area (Å²) >= 11 is 0. The molecule has 0 spiro atoms. The van der Waals surface area contributed by atoms with Crippen molar-refractivity contribution in [3.05, 3.63) is 24.3 Å². The van der Waals surface area contributed by atoms with Gasteiger partial charge in [-0.2, -0.15) is 0 Å². The van der Waals surface area contributed by atoms with Crippen molar-refractivity contribution in [1.29, 1.82) is 0 Å². The van der Waals surface area contributed by atoms with Crippen molar-refractivity contribution in [3.8, 4) is 11.5 Å². The molecule has 86 valence electrons. The van der Waals surface area contributed by atoms with E-state index in [1.807, 2.05) is 24.3 Å². The molecule has 2 rings (SSSR count). The number of ether oxygens (including phenoxy) is 2. The van der Waals surface area contributed by atoms with Crippen LogP contribution >= 0.6 is 0 Å². The average molecular weight is 221 g/mol. The smallest absolute Gasteiger partial charge is 0.188 e. The first-order valence-corrected chi connectivity index (χ1v) is 5.14. The second kappa shape index (κ2) is 4.74. The van der Waals surface area contributed by atoms with Crippen molar-refractivity contribution in [3.63, 3.8) is 0 Å². The van der Waals surface area contributed by atoms with Gasteiger partial charge in [-0.25, -0.2) is 0 Å². The lowest BCUT2D eigenvalue weighted by atomic mass is 10.2. The molecule has 0 radical (unpaired) electrons. The number of hydrogen-bond acceptors (Lipinski definition) is 3. The highest BCUT2D eigenvalue weighted by Crippen LogP contribution is 2.30. The monoisotopic (exact) mass is 221 g/mol. The number of nitrogens with zero attached hydrogens (tertiary/aromatic N) is 1. The Kier molecular flexibility index (Phi) is 3.14. The molecule has 0 saturated carbocycles. The summed E-state index contributed by atoms with van der Waals surface area (Å²) in [5.41, 5.74) is 5.53. The molecule has 1 unspecified atom stereocenters. The van der Waals surface area contributed by atoms with Crippen LogP contribution in [-0.4, -0.2) is 32.3 Å². The van der Waals surface area contributed by atoms with Crippen molar-refractivity contribution in [2.45, 2.75) is 6.10 Å². The van der Waals surface area contributed by atoms with Crippen molar-refractivity contribution < 1.29 is 9.47 Å². The van der Waals surface area contributed by atoms with Crippen LogP contribution in [0.2, 0.25) is 0 Å².